The summed E-state index contributed by atoms with van der Waals surface area (Å²) in [7, 11) is 0. The minimum Gasteiger partial charge on any atom is -0.494 e. The Morgan fingerprint density at radius 2 is 1.74 bits per heavy atom. The largest absolute Gasteiger partial charge is 0.494 e. The van der Waals surface area contributed by atoms with Crippen LogP contribution in [0.1, 0.15) is 29.2 Å². The number of hydrogen-bond donors (Lipinski definition) is 0. The van der Waals surface area contributed by atoms with Crippen molar-refractivity contribution in [1.29, 1.82) is 0 Å². The van der Waals surface area contributed by atoms with Crippen LogP contribution >= 0.6 is 11.3 Å². The molecule has 0 spiro atoms. The molecule has 1 amide bonds. The number of aryl methyl sites for hydroxylation is 2. The molecule has 31 heavy (non-hydrogen) atoms. The highest BCUT2D eigenvalue weighted by molar-refractivity contribution is 7.22. The van der Waals surface area contributed by atoms with Crippen molar-refractivity contribution in [1.82, 2.24) is 4.98 Å². The molecule has 0 saturated carbocycles. The molecule has 0 aliphatic heterocycles. The number of carbonyl (C=O) groups is 1. The van der Waals surface area contributed by atoms with E-state index in [9.17, 15) is 4.79 Å². The second-order valence-corrected chi connectivity index (χ2v) is 8.62. The van der Waals surface area contributed by atoms with Gasteiger partial charge in [-0.15, -0.1) is 0 Å². The van der Waals surface area contributed by atoms with Gasteiger partial charge in [-0.3, -0.25) is 9.69 Å². The van der Waals surface area contributed by atoms with Gasteiger partial charge in [0, 0.05) is 0 Å². The molecule has 4 nitrogen and oxygen atoms in total. The monoisotopic (exact) mass is 430 g/mol. The third kappa shape index (κ3) is 4.94. The van der Waals surface area contributed by atoms with Crippen LogP contribution in [-0.4, -0.2) is 17.5 Å². The average molecular weight is 431 g/mol. The molecule has 4 aromatic rings. The number of benzene rings is 3. The highest BCUT2D eigenvalue weighted by Gasteiger charge is 2.21. The standard InChI is InChI=1S/C26H26N2O2S/c1-4-30-22-12-10-20(11-13-22)16-24(29)28(17-21-8-6-5-7-9-21)26-27-23-15-18(2)14-19(3)25(23)31-26/h5-15H,4,16-17H2,1-3H3. The number of carbonyl (C=O) groups excluding carboxylic acids is 1. The Morgan fingerprint density at radius 3 is 2.45 bits per heavy atom. The van der Waals surface area contributed by atoms with Gasteiger partial charge in [0.05, 0.1) is 29.8 Å². The van der Waals surface area contributed by atoms with Gasteiger partial charge in [-0.25, -0.2) is 4.98 Å². The molecule has 4 rings (SSSR count). The van der Waals surface area contributed by atoms with E-state index in [1.54, 1.807) is 11.3 Å². The van der Waals surface area contributed by atoms with E-state index in [4.69, 9.17) is 9.72 Å². The molecule has 158 valence electrons. The maximum Gasteiger partial charge on any atom is 0.233 e. The van der Waals surface area contributed by atoms with Crippen LogP contribution < -0.4 is 9.64 Å². The van der Waals surface area contributed by atoms with Gasteiger partial charge in [0.1, 0.15) is 5.75 Å². The molecule has 1 aromatic heterocycles. The zero-order chi connectivity index (χ0) is 21.8. The molecule has 0 radical (unpaired) electrons. The number of thiazole rings is 1. The summed E-state index contributed by atoms with van der Waals surface area (Å²) in [5.74, 6) is 0.846. The van der Waals surface area contributed by atoms with Crippen molar-refractivity contribution in [2.75, 3.05) is 11.5 Å². The summed E-state index contributed by atoms with van der Waals surface area (Å²) < 4.78 is 6.64. The predicted octanol–water partition coefficient (Wildman–Crippen LogP) is 6.09. The molecule has 0 bridgehead atoms. The van der Waals surface area contributed by atoms with Crippen LogP contribution in [0.2, 0.25) is 0 Å². The summed E-state index contributed by atoms with van der Waals surface area (Å²) in [6, 6.07) is 22.0. The fourth-order valence-electron chi connectivity index (χ4n) is 3.65. The minimum atomic E-state index is 0.0291. The van der Waals surface area contributed by atoms with Crippen molar-refractivity contribution in [3.8, 4) is 5.75 Å². The summed E-state index contributed by atoms with van der Waals surface area (Å²) in [6.45, 7) is 7.25. The lowest BCUT2D eigenvalue weighted by molar-refractivity contribution is -0.118. The Hall–Kier alpha value is -3.18. The highest BCUT2D eigenvalue weighted by atomic mass is 32.1. The van der Waals surface area contributed by atoms with E-state index in [0.717, 1.165) is 32.2 Å². The molecule has 0 atom stereocenters. The smallest absolute Gasteiger partial charge is 0.233 e. The molecule has 1 heterocycles. The Bertz CT molecular complexity index is 1180. The van der Waals surface area contributed by atoms with E-state index in [0.29, 0.717) is 19.6 Å². The first kappa shape index (κ1) is 21.1. The van der Waals surface area contributed by atoms with Gasteiger partial charge in [0.2, 0.25) is 5.91 Å². The van der Waals surface area contributed by atoms with Crippen LogP contribution in [-0.2, 0) is 17.8 Å². The maximum atomic E-state index is 13.4. The van der Waals surface area contributed by atoms with E-state index >= 15 is 0 Å². The van der Waals surface area contributed by atoms with Gasteiger partial charge in [-0.05, 0) is 61.2 Å². The average Bonchev–Trinajstić information content (AvgIpc) is 3.18. The van der Waals surface area contributed by atoms with Gasteiger partial charge in [0.15, 0.2) is 5.13 Å². The Labute approximate surface area is 187 Å². The molecular formula is C26H26N2O2S. The second-order valence-electron chi connectivity index (χ2n) is 7.65. The van der Waals surface area contributed by atoms with Crippen molar-refractivity contribution in [2.45, 2.75) is 33.7 Å². The number of amides is 1. The number of rotatable bonds is 7. The third-order valence-electron chi connectivity index (χ3n) is 5.11. The normalized spacial score (nSPS) is 10.9. The van der Waals surface area contributed by atoms with Crippen LogP contribution in [0, 0.1) is 13.8 Å². The van der Waals surface area contributed by atoms with Crippen molar-refractivity contribution in [2.24, 2.45) is 0 Å². The van der Waals surface area contributed by atoms with Crippen LogP contribution in [0.25, 0.3) is 10.2 Å². The first-order valence-electron chi connectivity index (χ1n) is 10.5. The third-order valence-corrected chi connectivity index (χ3v) is 6.34. The van der Waals surface area contributed by atoms with E-state index in [-0.39, 0.29) is 5.91 Å². The van der Waals surface area contributed by atoms with Gasteiger partial charge in [-0.2, -0.15) is 0 Å². The van der Waals surface area contributed by atoms with Gasteiger partial charge in [0.25, 0.3) is 0 Å². The number of ether oxygens (including phenoxy) is 1. The number of aromatic nitrogens is 1. The highest BCUT2D eigenvalue weighted by Crippen LogP contribution is 2.33. The number of hydrogen-bond acceptors (Lipinski definition) is 4. The minimum absolute atomic E-state index is 0.0291. The quantitative estimate of drug-likeness (QED) is 0.356. The van der Waals surface area contributed by atoms with E-state index in [1.807, 2.05) is 66.4 Å². The molecule has 3 aromatic carbocycles. The lowest BCUT2D eigenvalue weighted by Gasteiger charge is -2.20. The summed E-state index contributed by atoms with van der Waals surface area (Å²) in [6.07, 6.45) is 0.313. The van der Waals surface area contributed by atoms with Crippen molar-refractivity contribution in [3.63, 3.8) is 0 Å². The zero-order valence-corrected chi connectivity index (χ0v) is 18.9. The summed E-state index contributed by atoms with van der Waals surface area (Å²) in [5, 5.41) is 0.739. The first-order chi connectivity index (χ1) is 15.0. The number of nitrogens with zero attached hydrogens (tertiary/aromatic N) is 2. The molecule has 0 fully saturated rings. The fraction of sp³-hybridized carbons (Fsp3) is 0.231. The van der Waals surface area contributed by atoms with Crippen molar-refractivity contribution in [3.05, 3.63) is 89.0 Å². The first-order valence-corrected chi connectivity index (χ1v) is 11.3. The zero-order valence-electron chi connectivity index (χ0n) is 18.1. The Balaban J connectivity index is 1.65. The van der Waals surface area contributed by atoms with Gasteiger partial charge in [-0.1, -0.05) is 59.9 Å². The second kappa shape index (κ2) is 9.31. The van der Waals surface area contributed by atoms with Crippen LogP contribution in [0.4, 0.5) is 5.13 Å². The van der Waals surface area contributed by atoms with E-state index in [1.165, 1.54) is 11.1 Å². The summed E-state index contributed by atoms with van der Waals surface area (Å²) >= 11 is 1.58. The molecule has 0 aliphatic carbocycles. The van der Waals surface area contributed by atoms with Crippen molar-refractivity contribution >= 4 is 32.6 Å². The van der Waals surface area contributed by atoms with Gasteiger partial charge < -0.3 is 4.74 Å². The molecule has 0 aliphatic rings. The van der Waals surface area contributed by atoms with Crippen LogP contribution in [0.15, 0.2) is 66.7 Å². The van der Waals surface area contributed by atoms with Crippen molar-refractivity contribution < 1.29 is 9.53 Å². The number of anilines is 1. The summed E-state index contributed by atoms with van der Waals surface area (Å²) in [4.78, 5) is 20.1. The van der Waals surface area contributed by atoms with Crippen LogP contribution in [0.5, 0.6) is 5.75 Å². The molecule has 5 heteroatoms. The van der Waals surface area contributed by atoms with Gasteiger partial charge >= 0.3 is 0 Å². The maximum absolute atomic E-state index is 13.4. The van der Waals surface area contributed by atoms with Crippen LogP contribution in [0.3, 0.4) is 0 Å². The molecular weight excluding hydrogens is 404 g/mol. The Kier molecular flexibility index (Phi) is 6.33. The van der Waals surface area contributed by atoms with E-state index in [2.05, 4.69) is 26.0 Å². The predicted molar refractivity (Wildman–Crippen MR) is 128 cm³/mol. The van der Waals surface area contributed by atoms with E-state index < -0.39 is 0 Å². The lowest BCUT2D eigenvalue weighted by atomic mass is 10.1. The lowest BCUT2D eigenvalue weighted by Crippen LogP contribution is -2.31. The SMILES string of the molecule is CCOc1ccc(CC(=O)N(Cc2ccccc2)c2nc3cc(C)cc(C)c3s2)cc1. The topological polar surface area (TPSA) is 42.4 Å². The summed E-state index contributed by atoms with van der Waals surface area (Å²) in [5.41, 5.74) is 5.35. The number of fused-ring (bicyclic) bond motifs is 1. The Morgan fingerprint density at radius 1 is 1.00 bits per heavy atom. The molecule has 0 N–H and O–H groups in total. The molecule has 0 saturated heterocycles. The molecule has 0 unspecified atom stereocenters. The fourth-order valence-corrected chi connectivity index (χ4v) is 4.68.